The van der Waals surface area contributed by atoms with Gasteiger partial charge >= 0.3 is 5.97 Å². The minimum Gasteiger partial charge on any atom is -0.479 e. The van der Waals surface area contributed by atoms with Gasteiger partial charge in [-0.3, -0.25) is 0 Å². The van der Waals surface area contributed by atoms with E-state index in [1.807, 2.05) is 0 Å². The molecule has 5 unspecified atom stereocenters. The molecule has 0 spiro atoms. The first kappa shape index (κ1) is 11.3. The lowest BCUT2D eigenvalue weighted by atomic mass is 9.99. The smallest absolute Gasteiger partial charge is 0.341 e. The first-order chi connectivity index (χ1) is 6.49. The standard InChI is InChI=1S/C7H12O7/c1-13-7-4(10)2(8)3(9)5(14-7)6(11)12/h2-5,7-10H,1H3,(H,11,12)/p+1. The van der Waals surface area contributed by atoms with Gasteiger partial charge in [0.25, 0.3) is 0 Å². The van der Waals surface area contributed by atoms with E-state index in [1.165, 1.54) is 7.11 Å². The van der Waals surface area contributed by atoms with Crippen molar-refractivity contribution in [1.82, 2.24) is 0 Å². The average molecular weight is 209 g/mol. The Labute approximate surface area is 79.5 Å². The highest BCUT2D eigenvalue weighted by molar-refractivity contribution is 5.73. The highest BCUT2D eigenvalue weighted by Gasteiger charge is 2.50. The zero-order chi connectivity index (χ0) is 10.9. The Morgan fingerprint density at radius 1 is 1.43 bits per heavy atom. The van der Waals surface area contributed by atoms with Gasteiger partial charge in [-0.15, -0.1) is 0 Å². The lowest BCUT2D eigenvalue weighted by molar-refractivity contribution is -0.287. The topological polar surface area (TPSA) is 119 Å². The summed E-state index contributed by atoms with van der Waals surface area (Å²) < 4.78 is 9.40. The summed E-state index contributed by atoms with van der Waals surface area (Å²) in [6.07, 6.45) is -7.02. The van der Waals surface area contributed by atoms with Crippen molar-refractivity contribution in [3.63, 3.8) is 0 Å². The van der Waals surface area contributed by atoms with E-state index < -0.39 is 36.7 Å². The molecule has 0 amide bonds. The summed E-state index contributed by atoms with van der Waals surface area (Å²) in [4.78, 5) is 10.6. The van der Waals surface area contributed by atoms with E-state index in [4.69, 9.17) is 14.9 Å². The number of hydrogen-bond acceptors (Lipinski definition) is 5. The van der Waals surface area contributed by atoms with Crippen molar-refractivity contribution in [3.05, 3.63) is 0 Å². The molecule has 0 aliphatic carbocycles. The summed E-state index contributed by atoms with van der Waals surface area (Å²) >= 11 is 0. The Bertz CT molecular complexity index is 216. The van der Waals surface area contributed by atoms with E-state index in [-0.39, 0.29) is 0 Å². The van der Waals surface area contributed by atoms with E-state index in [1.54, 1.807) is 0 Å². The van der Waals surface area contributed by atoms with Crippen molar-refractivity contribution in [2.75, 3.05) is 7.11 Å². The fraction of sp³-hybridized carbons (Fsp3) is 0.857. The predicted molar refractivity (Wildman–Crippen MR) is 42.7 cm³/mol. The quantitative estimate of drug-likeness (QED) is 0.424. The van der Waals surface area contributed by atoms with Crippen LogP contribution in [0, 0.1) is 0 Å². The third kappa shape index (κ3) is 1.86. The molecule has 0 aromatic rings. The first-order valence-corrected chi connectivity index (χ1v) is 3.97. The predicted octanol–water partition coefficient (Wildman–Crippen LogP) is -2.74. The van der Waals surface area contributed by atoms with Crippen LogP contribution in [-0.2, 0) is 14.3 Å². The molecule has 0 radical (unpaired) electrons. The maximum Gasteiger partial charge on any atom is 0.341 e. The molecular formula is C7H13O7+. The molecule has 0 aromatic carbocycles. The molecule has 14 heavy (non-hydrogen) atoms. The number of aliphatic hydroxyl groups is 2. The van der Waals surface area contributed by atoms with Crippen LogP contribution in [0.2, 0.25) is 0 Å². The van der Waals surface area contributed by atoms with Crippen LogP contribution in [0.15, 0.2) is 0 Å². The molecular weight excluding hydrogens is 196 g/mol. The van der Waals surface area contributed by atoms with E-state index in [2.05, 4.69) is 4.74 Å². The number of carboxylic acid groups (broad SMARTS) is 1. The molecule has 1 rings (SSSR count). The lowest BCUT2D eigenvalue weighted by Gasteiger charge is -2.35. The molecule has 1 aliphatic rings. The molecule has 7 nitrogen and oxygen atoms in total. The zero-order valence-corrected chi connectivity index (χ0v) is 7.45. The van der Waals surface area contributed by atoms with Crippen molar-refractivity contribution in [2.45, 2.75) is 30.7 Å². The maximum absolute atomic E-state index is 10.6. The Kier molecular flexibility index (Phi) is 3.40. The van der Waals surface area contributed by atoms with Crippen LogP contribution >= 0.6 is 0 Å². The third-order valence-corrected chi connectivity index (χ3v) is 2.08. The van der Waals surface area contributed by atoms with Crippen LogP contribution in [-0.4, -0.2) is 64.2 Å². The number of methoxy groups -OCH3 is 1. The Hall–Kier alpha value is -0.730. The number of hydrogen-bond donors (Lipinski definition) is 3. The van der Waals surface area contributed by atoms with Crippen molar-refractivity contribution in [3.8, 4) is 0 Å². The zero-order valence-electron chi connectivity index (χ0n) is 7.45. The van der Waals surface area contributed by atoms with E-state index in [9.17, 15) is 15.0 Å². The number of carboxylic acids is 1. The van der Waals surface area contributed by atoms with Crippen molar-refractivity contribution < 1.29 is 34.7 Å². The monoisotopic (exact) mass is 209 g/mol. The molecule has 1 saturated heterocycles. The Morgan fingerprint density at radius 2 is 2.00 bits per heavy atom. The second-order valence-corrected chi connectivity index (χ2v) is 3.01. The number of carbonyl (C=O) groups is 1. The molecule has 5 atom stereocenters. The van der Waals surface area contributed by atoms with E-state index >= 15 is 0 Å². The minimum absolute atomic E-state index is 1.21. The second kappa shape index (κ2) is 4.20. The van der Waals surface area contributed by atoms with Gasteiger partial charge in [0.05, 0.1) is 0 Å². The minimum atomic E-state index is -1.49. The Morgan fingerprint density at radius 3 is 2.43 bits per heavy atom. The van der Waals surface area contributed by atoms with Crippen LogP contribution in [0.5, 0.6) is 0 Å². The third-order valence-electron chi connectivity index (χ3n) is 2.08. The van der Waals surface area contributed by atoms with Crippen LogP contribution in [0.4, 0.5) is 0 Å². The number of aliphatic carboxylic acids is 1. The van der Waals surface area contributed by atoms with Crippen LogP contribution in [0.3, 0.4) is 0 Å². The van der Waals surface area contributed by atoms with Gasteiger partial charge in [0.2, 0.25) is 12.2 Å². The normalized spacial score (nSPS) is 43.6. The summed E-state index contributed by atoms with van der Waals surface area (Å²) in [6.45, 7) is 0. The van der Waals surface area contributed by atoms with Crippen molar-refractivity contribution in [1.29, 1.82) is 0 Å². The summed E-state index contributed by atoms with van der Waals surface area (Å²) in [5.41, 5.74) is 0. The Balaban J connectivity index is 2.78. The van der Waals surface area contributed by atoms with Gasteiger partial charge in [-0.2, -0.15) is 0 Å². The van der Waals surface area contributed by atoms with Crippen LogP contribution in [0.25, 0.3) is 0 Å². The summed E-state index contributed by atoms with van der Waals surface area (Å²) in [5, 5.41) is 34.5. The molecule has 1 heterocycles. The van der Waals surface area contributed by atoms with Gasteiger partial charge in [0.1, 0.15) is 6.10 Å². The molecule has 5 N–H and O–H groups in total. The van der Waals surface area contributed by atoms with Gasteiger partial charge in [-0.1, -0.05) is 0 Å². The van der Waals surface area contributed by atoms with Gasteiger partial charge in [-0.05, 0) is 0 Å². The number of aliphatic hydroxyl groups excluding tert-OH is 2. The van der Waals surface area contributed by atoms with Gasteiger partial charge in [0, 0.05) is 7.11 Å². The van der Waals surface area contributed by atoms with E-state index in [0.717, 1.165) is 0 Å². The molecule has 7 heteroatoms. The lowest BCUT2D eigenvalue weighted by Crippen LogP contribution is -2.60. The molecule has 82 valence electrons. The molecule has 1 aliphatic heterocycles. The van der Waals surface area contributed by atoms with Crippen LogP contribution < -0.4 is 0 Å². The summed E-state index contributed by atoms with van der Waals surface area (Å²) in [6, 6.07) is 0. The van der Waals surface area contributed by atoms with Gasteiger partial charge < -0.3 is 29.9 Å². The first-order valence-electron chi connectivity index (χ1n) is 3.97. The van der Waals surface area contributed by atoms with Gasteiger partial charge in [-0.25, -0.2) is 4.79 Å². The molecule has 1 fully saturated rings. The highest BCUT2D eigenvalue weighted by atomic mass is 16.7. The SMILES string of the molecule is COC1OC(C(=O)O)C([OH2+])C(O)C1O. The number of ether oxygens (including phenoxy) is 2. The van der Waals surface area contributed by atoms with Crippen LogP contribution in [0.1, 0.15) is 0 Å². The fourth-order valence-electron chi connectivity index (χ4n) is 1.27. The second-order valence-electron chi connectivity index (χ2n) is 3.01. The summed E-state index contributed by atoms with van der Waals surface area (Å²) in [7, 11) is 1.21. The molecule has 0 aromatic heterocycles. The number of rotatable bonds is 2. The highest BCUT2D eigenvalue weighted by Crippen LogP contribution is 2.21. The fourth-order valence-corrected chi connectivity index (χ4v) is 1.27. The van der Waals surface area contributed by atoms with Crippen molar-refractivity contribution in [2.24, 2.45) is 0 Å². The molecule has 0 bridgehead atoms. The average Bonchev–Trinajstić information content (AvgIpc) is 2.14. The molecule has 0 saturated carbocycles. The largest absolute Gasteiger partial charge is 0.479 e. The maximum atomic E-state index is 10.6. The summed E-state index contributed by atoms with van der Waals surface area (Å²) in [5.74, 6) is -1.36. The van der Waals surface area contributed by atoms with Crippen molar-refractivity contribution >= 4 is 5.97 Å². The van der Waals surface area contributed by atoms with Gasteiger partial charge in [0.15, 0.2) is 12.4 Å². The van der Waals surface area contributed by atoms with E-state index in [0.29, 0.717) is 0 Å².